The molecule has 3 aromatic carbocycles. The van der Waals surface area contributed by atoms with E-state index in [0.29, 0.717) is 16.7 Å². The highest BCUT2D eigenvalue weighted by Gasteiger charge is 2.24. The maximum atomic E-state index is 10.2. The second-order valence-electron chi connectivity index (χ2n) is 5.41. The molecule has 0 unspecified atom stereocenters. The summed E-state index contributed by atoms with van der Waals surface area (Å²) in [7, 11) is 0. The number of phenolic OH excluding ortho intramolecular Hbond substituents is 3. The van der Waals surface area contributed by atoms with Gasteiger partial charge in [-0.15, -0.1) is 0 Å². The van der Waals surface area contributed by atoms with Gasteiger partial charge in [-0.05, 0) is 18.2 Å². The Morgan fingerprint density at radius 3 is 0.871 bits per heavy atom. The summed E-state index contributed by atoms with van der Waals surface area (Å²) in [6, 6.07) is 20.9. The molecule has 6 N–H and O–H groups in total. The Morgan fingerprint density at radius 1 is 0.484 bits per heavy atom. The van der Waals surface area contributed by atoms with Crippen LogP contribution in [0, 0.1) is 34.6 Å². The van der Waals surface area contributed by atoms with Crippen LogP contribution in [0.4, 0.5) is 0 Å². The minimum Gasteiger partial charge on any atom is -0.508 e. The Bertz CT molecular complexity index is 931. The van der Waals surface area contributed by atoms with Crippen LogP contribution in [-0.4, -0.2) is 30.6 Å². The predicted molar refractivity (Wildman–Crippen MR) is 108 cm³/mol. The largest absolute Gasteiger partial charge is 0.508 e. The fourth-order valence-corrected chi connectivity index (χ4v) is 2.70. The summed E-state index contributed by atoms with van der Waals surface area (Å²) in [5.74, 6) is -0.0828. The van der Waals surface area contributed by atoms with Gasteiger partial charge in [0.05, 0.1) is 0 Å². The third kappa shape index (κ3) is 8.22. The van der Waals surface area contributed by atoms with E-state index in [-0.39, 0.29) is 17.2 Å². The molecular weight excluding hydrogens is 402 g/mol. The second-order valence-corrected chi connectivity index (χ2v) is 5.41. The van der Waals surface area contributed by atoms with Crippen molar-refractivity contribution < 1.29 is 30.6 Å². The van der Waals surface area contributed by atoms with E-state index in [1.165, 1.54) is 0 Å². The van der Waals surface area contributed by atoms with E-state index in [0.717, 1.165) is 18.8 Å². The number of hydrogen-bond donors (Lipinski definition) is 6. The number of nitriles is 3. The SMILES string of the molecule is N#CO.N#CO.N#CO.Oc1ccccc1C(c1ccccc1O)c1ccccc1O. The highest BCUT2D eigenvalue weighted by atomic mass is 16.3. The number of aliphatic hydroxyl groups is 3. The zero-order valence-corrected chi connectivity index (χ0v) is 16.0. The molecule has 0 aliphatic carbocycles. The maximum absolute atomic E-state index is 10.2. The molecule has 0 aliphatic rings. The van der Waals surface area contributed by atoms with Crippen LogP contribution in [0.15, 0.2) is 72.8 Å². The topological polar surface area (TPSA) is 193 Å². The van der Waals surface area contributed by atoms with Crippen molar-refractivity contribution in [3.63, 3.8) is 0 Å². The van der Waals surface area contributed by atoms with Gasteiger partial charge < -0.3 is 30.6 Å². The van der Waals surface area contributed by atoms with Gasteiger partial charge in [0.1, 0.15) is 17.2 Å². The molecule has 0 aliphatic heterocycles. The lowest BCUT2D eigenvalue weighted by molar-refractivity contribution is 0.450. The molecule has 0 heterocycles. The van der Waals surface area contributed by atoms with Crippen LogP contribution < -0.4 is 0 Å². The molecule has 0 bridgehead atoms. The molecule has 0 amide bonds. The Morgan fingerprint density at radius 2 is 0.677 bits per heavy atom. The first-order chi connectivity index (χ1) is 14.9. The average molecular weight is 421 g/mol. The smallest absolute Gasteiger partial charge is 0.283 e. The van der Waals surface area contributed by atoms with Gasteiger partial charge in [-0.3, -0.25) is 0 Å². The summed E-state index contributed by atoms with van der Waals surface area (Å²) in [6.07, 6.45) is 2.25. The van der Waals surface area contributed by atoms with Crippen LogP contribution >= 0.6 is 0 Å². The van der Waals surface area contributed by atoms with Crippen molar-refractivity contribution in [2.24, 2.45) is 0 Å². The van der Waals surface area contributed by atoms with E-state index < -0.39 is 5.92 Å². The van der Waals surface area contributed by atoms with Crippen molar-refractivity contribution in [1.82, 2.24) is 0 Å². The molecule has 0 saturated carbocycles. The minimum absolute atomic E-state index is 0.124. The fourth-order valence-electron chi connectivity index (χ4n) is 2.70. The quantitative estimate of drug-likeness (QED) is 0.271. The summed E-state index contributed by atoms with van der Waals surface area (Å²) in [5, 5.41) is 71.9. The normalized spacial score (nSPS) is 8.32. The Hall–Kier alpha value is -5.07. The molecule has 3 rings (SSSR count). The third-order valence-electron chi connectivity index (χ3n) is 3.74. The number of hydrogen-bond acceptors (Lipinski definition) is 9. The lowest BCUT2D eigenvalue weighted by Crippen LogP contribution is -2.04. The van der Waals surface area contributed by atoms with Crippen LogP contribution in [0.1, 0.15) is 22.6 Å². The first-order valence-electron chi connectivity index (χ1n) is 8.36. The molecular formula is C22H19N3O6. The standard InChI is InChI=1S/C19H16O3.3CHNO/c20-16-10-4-1-7-13(16)19(14-8-2-5-11-17(14)21)15-9-3-6-12-18(15)22;3*2-1-3/h1-12,19-22H;3*3H. The highest BCUT2D eigenvalue weighted by molar-refractivity contribution is 5.55. The van der Waals surface area contributed by atoms with Crippen LogP contribution in [0.25, 0.3) is 0 Å². The molecule has 0 radical (unpaired) electrons. The van der Waals surface area contributed by atoms with E-state index in [2.05, 4.69) is 0 Å². The lowest BCUT2D eigenvalue weighted by atomic mass is 9.83. The molecule has 0 spiro atoms. The van der Waals surface area contributed by atoms with Gasteiger partial charge in [-0.1, -0.05) is 54.6 Å². The number of rotatable bonds is 3. The van der Waals surface area contributed by atoms with Crippen molar-refractivity contribution in [2.75, 3.05) is 0 Å². The Labute approximate surface area is 178 Å². The number of benzene rings is 3. The summed E-state index contributed by atoms with van der Waals surface area (Å²) in [6.45, 7) is 0. The van der Waals surface area contributed by atoms with Gasteiger partial charge >= 0.3 is 0 Å². The highest BCUT2D eigenvalue weighted by Crippen LogP contribution is 2.42. The van der Waals surface area contributed by atoms with E-state index in [1.54, 1.807) is 54.6 Å². The maximum Gasteiger partial charge on any atom is 0.283 e. The molecule has 0 fully saturated rings. The summed E-state index contributed by atoms with van der Waals surface area (Å²) < 4.78 is 0. The van der Waals surface area contributed by atoms with E-state index >= 15 is 0 Å². The molecule has 31 heavy (non-hydrogen) atoms. The summed E-state index contributed by atoms with van der Waals surface area (Å²) in [4.78, 5) is 0. The van der Waals surface area contributed by atoms with Crippen LogP contribution in [0.3, 0.4) is 0 Å². The number of para-hydroxylation sites is 3. The van der Waals surface area contributed by atoms with Gasteiger partial charge in [0.25, 0.3) is 18.8 Å². The summed E-state index contributed by atoms with van der Waals surface area (Å²) >= 11 is 0. The lowest BCUT2D eigenvalue weighted by Gasteiger charge is -2.21. The number of aliphatic hydroxyl groups excluding tert-OH is 3. The van der Waals surface area contributed by atoms with E-state index in [9.17, 15) is 15.3 Å². The zero-order valence-electron chi connectivity index (χ0n) is 16.0. The van der Waals surface area contributed by atoms with Crippen molar-refractivity contribution in [3.8, 4) is 36.0 Å². The predicted octanol–water partition coefficient (Wildman–Crippen LogP) is 3.50. The Kier molecular flexibility index (Phi) is 12.5. The van der Waals surface area contributed by atoms with Crippen LogP contribution in [0.2, 0.25) is 0 Å². The van der Waals surface area contributed by atoms with Crippen LogP contribution in [-0.2, 0) is 0 Å². The molecule has 158 valence electrons. The van der Waals surface area contributed by atoms with Gasteiger partial charge in [0, 0.05) is 22.6 Å². The van der Waals surface area contributed by atoms with Gasteiger partial charge in [-0.2, -0.15) is 15.8 Å². The van der Waals surface area contributed by atoms with Crippen molar-refractivity contribution in [3.05, 3.63) is 89.5 Å². The first-order valence-corrected chi connectivity index (χ1v) is 8.36. The van der Waals surface area contributed by atoms with Crippen molar-refractivity contribution in [2.45, 2.75) is 5.92 Å². The Balaban J connectivity index is 0.000000864. The first kappa shape index (κ1) is 25.9. The second kappa shape index (κ2) is 14.9. The fraction of sp³-hybridized carbons (Fsp3) is 0.0455. The van der Waals surface area contributed by atoms with Crippen LogP contribution in [0.5, 0.6) is 17.2 Å². The zero-order chi connectivity index (χ0) is 23.6. The molecule has 0 atom stereocenters. The number of nitrogens with zero attached hydrogens (tertiary/aromatic N) is 3. The number of aromatic hydroxyl groups is 3. The van der Waals surface area contributed by atoms with Crippen molar-refractivity contribution >= 4 is 0 Å². The third-order valence-corrected chi connectivity index (χ3v) is 3.74. The van der Waals surface area contributed by atoms with E-state index in [1.807, 2.05) is 18.2 Å². The molecule has 9 nitrogen and oxygen atoms in total. The van der Waals surface area contributed by atoms with E-state index in [4.69, 9.17) is 31.1 Å². The monoisotopic (exact) mass is 421 g/mol. The molecule has 9 heteroatoms. The van der Waals surface area contributed by atoms with Gasteiger partial charge in [0.2, 0.25) is 0 Å². The molecule has 0 aromatic heterocycles. The van der Waals surface area contributed by atoms with Crippen molar-refractivity contribution in [1.29, 1.82) is 15.8 Å². The number of phenols is 3. The summed E-state index contributed by atoms with van der Waals surface area (Å²) in [5.41, 5.74) is 1.89. The molecule has 3 aromatic rings. The van der Waals surface area contributed by atoms with Gasteiger partial charge in [0.15, 0.2) is 0 Å². The van der Waals surface area contributed by atoms with Gasteiger partial charge in [-0.25, -0.2) is 0 Å². The average Bonchev–Trinajstić information content (AvgIpc) is 2.74. The molecule has 0 saturated heterocycles. The minimum atomic E-state index is -0.455.